The zero-order valence-electron chi connectivity index (χ0n) is 77.2. The molecule has 0 radical (unpaired) electrons. The minimum absolute atomic E-state index is 0.0263. The van der Waals surface area contributed by atoms with Gasteiger partial charge in [-0.3, -0.25) is 0 Å². The predicted molar refractivity (Wildman–Crippen MR) is 547 cm³/mol. The molecule has 128 heavy (non-hydrogen) atoms. The Morgan fingerprint density at radius 3 is 1.10 bits per heavy atom. The Labute approximate surface area is 761 Å². The van der Waals surface area contributed by atoms with Crippen LogP contribution in [0.4, 0.5) is 0 Å². The fourth-order valence-corrected chi connectivity index (χ4v) is 15.0. The Morgan fingerprint density at radius 1 is 0.258 bits per heavy atom. The van der Waals surface area contributed by atoms with Gasteiger partial charge in [0.2, 0.25) is 0 Å². The summed E-state index contributed by atoms with van der Waals surface area (Å²) in [5, 5.41) is 83.4. The molecule has 0 heterocycles. The summed E-state index contributed by atoms with van der Waals surface area (Å²) in [6.07, 6.45) is 41.2. The van der Waals surface area contributed by atoms with Crippen LogP contribution >= 0.6 is 0 Å². The highest BCUT2D eigenvalue weighted by Crippen LogP contribution is 2.47. The van der Waals surface area contributed by atoms with Crippen molar-refractivity contribution in [3.8, 4) is 124 Å². The minimum atomic E-state index is 0.0263. The number of rotatable bonds is 28. The van der Waals surface area contributed by atoms with Gasteiger partial charge in [0.15, 0.2) is 23.0 Å². The Morgan fingerprint density at radius 2 is 0.586 bits per heavy atom. The van der Waals surface area contributed by atoms with E-state index in [4.69, 9.17) is 9.47 Å². The van der Waals surface area contributed by atoms with E-state index >= 15 is 0 Å². The van der Waals surface area contributed by atoms with Gasteiger partial charge in [-0.1, -0.05) is 226 Å². The highest BCUT2D eigenvalue weighted by molar-refractivity contribution is 5.85. The third kappa shape index (κ3) is 28.3. The first-order chi connectivity index (χ1) is 61.7. The van der Waals surface area contributed by atoms with E-state index in [9.17, 15) is 40.9 Å². The van der Waals surface area contributed by atoms with Crippen molar-refractivity contribution < 1.29 is 50.3 Å². The quantitative estimate of drug-likeness (QED) is 0.0220. The Kier molecular flexibility index (Phi) is 40.1. The second-order valence-corrected chi connectivity index (χ2v) is 31.0. The smallest absolute Gasteiger partial charge is 0.165 e. The summed E-state index contributed by atoms with van der Waals surface area (Å²) in [4.78, 5) is 0. The standard InChI is InChI=1S/2C21H24O3.2C19H20O2.2C19H20/c2*1-5-8-14-10-16(7-3)20(22)17(11-14)18-12-15(9-6-2)13-19(24-4)21(18)23;2*1-4-6-14-8-9-18(20)16(11-14)17-12-15(7-5-2)10-13(3)19(17)21;2*1-4-7-16-9-6-10-18(13-16)19-12-15(3)11-17(14-19)8-5-2/h5-6,8-13,22-23H,7H2,1-4H3;5-6,10-13,22-23H,1-2,7-9H2,3-4H3;4-12,20-21H,1-3H3;4-5,8-12,20-21H,1-2,6-7H2,3H3;4-14H,1-3H3;4-6,9-14H,1-2,7-8H2,3H3/b8-5+,9-6+;;6-4+,7-5+;;7-4+,8-5+;. The maximum atomic E-state index is 10.6. The van der Waals surface area contributed by atoms with E-state index in [1.165, 1.54) is 69.9 Å². The van der Waals surface area contributed by atoms with Crippen LogP contribution in [0.5, 0.6) is 57.5 Å². The van der Waals surface area contributed by atoms with Crippen LogP contribution in [0, 0.1) is 27.7 Å². The van der Waals surface area contributed by atoms with Crippen LogP contribution in [0.3, 0.4) is 0 Å². The maximum Gasteiger partial charge on any atom is 0.165 e. The van der Waals surface area contributed by atoms with Crippen LogP contribution in [0.25, 0.3) is 103 Å². The average Bonchev–Trinajstić information content (AvgIpc) is 0.782. The normalized spacial score (nSPS) is 10.9. The molecule has 660 valence electrons. The summed E-state index contributed by atoms with van der Waals surface area (Å²) < 4.78 is 10.6. The number of methoxy groups -OCH3 is 2. The predicted octanol–water partition coefficient (Wildman–Crippen LogP) is 30.7. The Balaban J connectivity index is 0.000000211. The lowest BCUT2D eigenvalue weighted by molar-refractivity contribution is 0.374. The number of ether oxygens (including phenoxy) is 2. The average molecular weight is 1710 g/mol. The summed E-state index contributed by atoms with van der Waals surface area (Å²) in [7, 11) is 3.04. The molecule has 0 fully saturated rings. The lowest BCUT2D eigenvalue weighted by atomic mass is 9.93. The summed E-state index contributed by atoms with van der Waals surface area (Å²) in [6, 6.07) is 64.1. The van der Waals surface area contributed by atoms with Gasteiger partial charge in [-0.2, -0.15) is 0 Å². The van der Waals surface area contributed by atoms with Crippen molar-refractivity contribution in [2.24, 2.45) is 0 Å². The molecule has 0 atom stereocenters. The Hall–Kier alpha value is -14.5. The number of aromatic hydroxyl groups is 8. The van der Waals surface area contributed by atoms with E-state index in [-0.39, 0.29) is 46.0 Å². The molecule has 0 saturated carbocycles. The van der Waals surface area contributed by atoms with E-state index in [0.717, 1.165) is 92.4 Å². The van der Waals surface area contributed by atoms with Crippen molar-refractivity contribution >= 4 is 36.5 Å². The zero-order valence-corrected chi connectivity index (χ0v) is 77.2. The van der Waals surface area contributed by atoms with Gasteiger partial charge in [0.1, 0.15) is 34.5 Å². The molecule has 0 bridgehead atoms. The van der Waals surface area contributed by atoms with Crippen LogP contribution in [0.2, 0.25) is 0 Å². The minimum Gasteiger partial charge on any atom is -0.507 e. The third-order valence-corrected chi connectivity index (χ3v) is 21.0. The molecule has 0 aromatic heterocycles. The molecule has 0 aliphatic heterocycles. The molecule has 12 aromatic carbocycles. The fraction of sp³-hybridized carbons (Fsp3) is 0.186. The maximum absolute atomic E-state index is 10.6. The van der Waals surface area contributed by atoms with Crippen LogP contribution in [0.15, 0.2) is 307 Å². The number of benzene rings is 12. The van der Waals surface area contributed by atoms with Crippen LogP contribution in [0.1, 0.15) is 156 Å². The van der Waals surface area contributed by atoms with Gasteiger partial charge in [0.25, 0.3) is 0 Å². The lowest BCUT2D eigenvalue weighted by Crippen LogP contribution is -1.95. The lowest BCUT2D eigenvalue weighted by Gasteiger charge is -2.16. The number of hydrogen-bond donors (Lipinski definition) is 8. The number of phenolic OH excluding ortho intramolecular Hbond substituents is 8. The molecule has 0 amide bonds. The second kappa shape index (κ2) is 51.1. The third-order valence-electron chi connectivity index (χ3n) is 21.0. The number of hydrogen-bond acceptors (Lipinski definition) is 10. The van der Waals surface area contributed by atoms with Gasteiger partial charge < -0.3 is 50.3 Å². The molecule has 12 aromatic rings. The number of aryl methyl sites for hydroxylation is 6. The topological polar surface area (TPSA) is 180 Å². The molecule has 10 heteroatoms. The van der Waals surface area contributed by atoms with Crippen molar-refractivity contribution in [2.45, 2.75) is 134 Å². The molecule has 0 saturated heterocycles. The zero-order chi connectivity index (χ0) is 93.5. The molecule has 12 rings (SSSR count). The van der Waals surface area contributed by atoms with Gasteiger partial charge in [-0.05, 0) is 334 Å². The van der Waals surface area contributed by atoms with E-state index < -0.39 is 0 Å². The van der Waals surface area contributed by atoms with E-state index in [2.05, 4.69) is 169 Å². The highest BCUT2D eigenvalue weighted by atomic mass is 16.5. The summed E-state index contributed by atoms with van der Waals surface area (Å²) in [5.74, 6) is 1.94. The van der Waals surface area contributed by atoms with Crippen LogP contribution < -0.4 is 9.47 Å². The molecule has 0 spiro atoms. The summed E-state index contributed by atoms with van der Waals surface area (Å²) in [6.45, 7) is 46.5. The fourth-order valence-electron chi connectivity index (χ4n) is 15.0. The molecule has 0 unspecified atom stereocenters. The Bertz CT molecular complexity index is 5910. The summed E-state index contributed by atoms with van der Waals surface area (Å²) in [5.41, 5.74) is 28.9. The van der Waals surface area contributed by atoms with Gasteiger partial charge in [0.05, 0.1) is 14.2 Å². The monoisotopic (exact) mass is 1700 g/mol. The molecule has 0 aliphatic rings. The first-order valence-corrected chi connectivity index (χ1v) is 43.4. The summed E-state index contributed by atoms with van der Waals surface area (Å²) >= 11 is 0. The second-order valence-electron chi connectivity index (χ2n) is 31.0. The van der Waals surface area contributed by atoms with Crippen molar-refractivity contribution in [3.63, 3.8) is 0 Å². The van der Waals surface area contributed by atoms with E-state index in [0.29, 0.717) is 81.7 Å². The van der Waals surface area contributed by atoms with Gasteiger partial charge in [-0.15, -0.1) is 39.5 Å². The van der Waals surface area contributed by atoms with Crippen molar-refractivity contribution in [2.75, 3.05) is 14.2 Å². The van der Waals surface area contributed by atoms with Crippen LogP contribution in [-0.4, -0.2) is 55.1 Å². The van der Waals surface area contributed by atoms with Gasteiger partial charge in [0, 0.05) is 44.5 Å². The van der Waals surface area contributed by atoms with Crippen LogP contribution in [-0.2, 0) is 51.4 Å². The molecule has 0 aliphatic carbocycles. The molecule has 8 N–H and O–H groups in total. The largest absolute Gasteiger partial charge is 0.507 e. The van der Waals surface area contributed by atoms with E-state index in [1.807, 2.05) is 226 Å². The molecule has 10 nitrogen and oxygen atoms in total. The van der Waals surface area contributed by atoms with Gasteiger partial charge >= 0.3 is 0 Å². The first kappa shape index (κ1) is 101. The number of allylic oxidation sites excluding steroid dienone is 12. The molecular formula is C118H128O10. The first-order valence-electron chi connectivity index (χ1n) is 43.4. The number of phenols is 8. The molecular weight excluding hydrogens is 1580 g/mol. The van der Waals surface area contributed by atoms with Crippen molar-refractivity contribution in [1.82, 2.24) is 0 Å². The van der Waals surface area contributed by atoms with Crippen molar-refractivity contribution in [3.05, 3.63) is 407 Å². The van der Waals surface area contributed by atoms with Crippen molar-refractivity contribution in [1.29, 1.82) is 0 Å². The highest BCUT2D eigenvalue weighted by Gasteiger charge is 2.22. The van der Waals surface area contributed by atoms with Gasteiger partial charge in [-0.25, -0.2) is 0 Å². The van der Waals surface area contributed by atoms with E-state index in [1.54, 1.807) is 30.3 Å². The SMILES string of the molecule is C/C=C/c1cc(CC)c(O)c(-c2cc(/C=C/C)cc(OC)c2O)c1.C/C=C/c1ccc(O)c(-c2cc(/C=C/C)cc(C)c2O)c1.C/C=C/c1cccc(-c2cc(C)cc(/C=C/C)c2)c1.C=CCc1cc(CC)c(O)c(-c2cc(CC=C)cc(OC)c2O)c1.C=CCc1ccc(O)c(-c2cc(CC=C)cc(C)c2O)c1.C=CCc1cccc(-c2cc(C)cc(CC=C)c2)c1.